The summed E-state index contributed by atoms with van der Waals surface area (Å²) in [6, 6.07) is 9.93. The summed E-state index contributed by atoms with van der Waals surface area (Å²) < 4.78 is 7.38. The van der Waals surface area contributed by atoms with Crippen molar-refractivity contribution in [1.29, 1.82) is 0 Å². The van der Waals surface area contributed by atoms with Crippen molar-refractivity contribution in [2.45, 2.75) is 6.61 Å². The molecule has 0 aliphatic heterocycles. The topological polar surface area (TPSA) is 63.8 Å². The van der Waals surface area contributed by atoms with Gasteiger partial charge in [-0.2, -0.15) is 0 Å². The Balaban J connectivity index is 1.78. The highest BCUT2D eigenvalue weighted by Gasteiger charge is 2.07. The largest absolute Gasteiger partial charge is 0.487 e. The number of carbonyl (C=O) groups is 1. The van der Waals surface area contributed by atoms with Crippen molar-refractivity contribution in [3.05, 3.63) is 65.1 Å². The van der Waals surface area contributed by atoms with E-state index in [4.69, 9.17) is 21.4 Å². The first-order chi connectivity index (χ1) is 10.1. The Morgan fingerprint density at radius 3 is 2.95 bits per heavy atom. The molecule has 2 aromatic heterocycles. The maximum atomic E-state index is 10.9. The Labute approximate surface area is 125 Å². The average Bonchev–Trinajstić information content (AvgIpc) is 2.90. The summed E-state index contributed by atoms with van der Waals surface area (Å²) in [6.07, 6.45) is 3.67. The fourth-order valence-electron chi connectivity index (χ4n) is 1.98. The third kappa shape index (κ3) is 2.83. The minimum atomic E-state index is -0.986. The zero-order chi connectivity index (χ0) is 14.8. The summed E-state index contributed by atoms with van der Waals surface area (Å²) in [5.41, 5.74) is 1.56. The maximum Gasteiger partial charge on any atom is 0.335 e. The molecule has 21 heavy (non-hydrogen) atoms. The highest BCUT2D eigenvalue weighted by Crippen LogP contribution is 2.18. The number of nitrogens with zero attached hydrogens (tertiary/aromatic N) is 2. The standard InChI is InChI=1S/C15H11ClN2O3/c16-13-5-2-6-18-8-11(17-14(13)18)9-21-12-4-1-3-10(7-12)15(19)20/h1-8H,9H2,(H,19,20). The minimum Gasteiger partial charge on any atom is -0.487 e. The number of pyridine rings is 1. The number of ether oxygens (including phenoxy) is 1. The Kier molecular flexibility index (Phi) is 3.50. The summed E-state index contributed by atoms with van der Waals surface area (Å²) in [4.78, 5) is 15.3. The molecule has 0 fully saturated rings. The van der Waals surface area contributed by atoms with Gasteiger partial charge in [0.15, 0.2) is 5.65 Å². The lowest BCUT2D eigenvalue weighted by molar-refractivity contribution is 0.0696. The monoisotopic (exact) mass is 302 g/mol. The highest BCUT2D eigenvalue weighted by molar-refractivity contribution is 6.33. The van der Waals surface area contributed by atoms with Gasteiger partial charge in [-0.25, -0.2) is 9.78 Å². The van der Waals surface area contributed by atoms with Crippen LogP contribution in [0.3, 0.4) is 0 Å². The summed E-state index contributed by atoms with van der Waals surface area (Å²) >= 11 is 6.05. The number of hydrogen-bond donors (Lipinski definition) is 1. The van der Waals surface area contributed by atoms with Crippen molar-refractivity contribution in [2.75, 3.05) is 0 Å². The van der Waals surface area contributed by atoms with Crippen molar-refractivity contribution in [2.24, 2.45) is 0 Å². The van der Waals surface area contributed by atoms with E-state index in [1.165, 1.54) is 12.1 Å². The number of rotatable bonds is 4. The van der Waals surface area contributed by atoms with Crippen LogP contribution in [0, 0.1) is 0 Å². The predicted molar refractivity (Wildman–Crippen MR) is 77.9 cm³/mol. The third-order valence-corrected chi connectivity index (χ3v) is 3.25. The predicted octanol–water partition coefficient (Wildman–Crippen LogP) is 3.26. The quantitative estimate of drug-likeness (QED) is 0.803. The molecule has 0 aliphatic carbocycles. The molecule has 2 heterocycles. The van der Waals surface area contributed by atoms with Gasteiger partial charge in [0.05, 0.1) is 16.3 Å². The Morgan fingerprint density at radius 2 is 2.19 bits per heavy atom. The zero-order valence-corrected chi connectivity index (χ0v) is 11.6. The maximum absolute atomic E-state index is 10.9. The van der Waals surface area contributed by atoms with Gasteiger partial charge in [0.2, 0.25) is 0 Å². The molecule has 5 nitrogen and oxygen atoms in total. The lowest BCUT2D eigenvalue weighted by Gasteiger charge is -2.04. The van der Waals surface area contributed by atoms with Gasteiger partial charge in [0.1, 0.15) is 12.4 Å². The summed E-state index contributed by atoms with van der Waals surface area (Å²) in [7, 11) is 0. The third-order valence-electron chi connectivity index (χ3n) is 2.95. The number of fused-ring (bicyclic) bond motifs is 1. The number of benzene rings is 1. The zero-order valence-electron chi connectivity index (χ0n) is 10.9. The van der Waals surface area contributed by atoms with Gasteiger partial charge in [-0.3, -0.25) is 0 Å². The number of aromatic carboxylic acids is 1. The molecule has 1 aromatic carbocycles. The first kappa shape index (κ1) is 13.5. The van der Waals surface area contributed by atoms with Crippen LogP contribution in [0.25, 0.3) is 5.65 Å². The van der Waals surface area contributed by atoms with Gasteiger partial charge in [-0.15, -0.1) is 0 Å². The van der Waals surface area contributed by atoms with Gasteiger partial charge in [0.25, 0.3) is 0 Å². The number of hydrogen-bond acceptors (Lipinski definition) is 3. The van der Waals surface area contributed by atoms with Gasteiger partial charge in [-0.1, -0.05) is 17.7 Å². The molecule has 106 valence electrons. The molecule has 1 N–H and O–H groups in total. The van der Waals surface area contributed by atoms with E-state index in [9.17, 15) is 4.79 Å². The second-order valence-corrected chi connectivity index (χ2v) is 4.85. The van der Waals surface area contributed by atoms with Crippen LogP contribution >= 0.6 is 11.6 Å². The fraction of sp³-hybridized carbons (Fsp3) is 0.0667. The van der Waals surface area contributed by atoms with E-state index in [2.05, 4.69) is 4.98 Å². The molecule has 0 bridgehead atoms. The normalized spacial score (nSPS) is 10.7. The van der Waals surface area contributed by atoms with Crippen LogP contribution in [0.4, 0.5) is 0 Å². The number of halogens is 1. The van der Waals surface area contributed by atoms with E-state index < -0.39 is 5.97 Å². The Bertz CT molecular complexity index is 814. The molecule has 0 saturated heterocycles. The molecular formula is C15H11ClN2O3. The molecule has 0 unspecified atom stereocenters. The van der Waals surface area contributed by atoms with Gasteiger partial charge in [-0.05, 0) is 30.3 Å². The first-order valence-corrected chi connectivity index (χ1v) is 6.59. The van der Waals surface area contributed by atoms with Gasteiger partial charge in [0, 0.05) is 12.4 Å². The molecule has 0 aliphatic rings. The van der Waals surface area contributed by atoms with Crippen molar-refractivity contribution in [1.82, 2.24) is 9.38 Å². The molecule has 0 radical (unpaired) electrons. The average molecular weight is 303 g/mol. The summed E-state index contributed by atoms with van der Waals surface area (Å²) in [6.45, 7) is 0.237. The Hall–Kier alpha value is -2.53. The lowest BCUT2D eigenvalue weighted by Crippen LogP contribution is -1.99. The van der Waals surface area contributed by atoms with Gasteiger partial charge >= 0.3 is 5.97 Å². The summed E-state index contributed by atoms with van der Waals surface area (Å²) in [5.74, 6) is -0.502. The summed E-state index contributed by atoms with van der Waals surface area (Å²) in [5, 5.41) is 9.50. The van der Waals surface area contributed by atoms with Crippen LogP contribution in [0.15, 0.2) is 48.8 Å². The molecule has 3 rings (SSSR count). The van der Waals surface area contributed by atoms with Crippen molar-refractivity contribution in [3.8, 4) is 5.75 Å². The Morgan fingerprint density at radius 1 is 1.33 bits per heavy atom. The number of aromatic nitrogens is 2. The smallest absolute Gasteiger partial charge is 0.335 e. The van der Waals surface area contributed by atoms with E-state index in [-0.39, 0.29) is 12.2 Å². The molecule has 0 saturated carbocycles. The lowest BCUT2D eigenvalue weighted by atomic mass is 10.2. The van der Waals surface area contributed by atoms with Crippen molar-refractivity contribution in [3.63, 3.8) is 0 Å². The molecule has 0 amide bonds. The minimum absolute atomic E-state index is 0.186. The molecule has 3 aromatic rings. The highest BCUT2D eigenvalue weighted by atomic mass is 35.5. The number of carboxylic acid groups (broad SMARTS) is 1. The van der Waals surface area contributed by atoms with Gasteiger partial charge < -0.3 is 14.2 Å². The number of carboxylic acids is 1. The van der Waals surface area contributed by atoms with E-state index >= 15 is 0 Å². The van der Waals surface area contributed by atoms with Crippen LogP contribution in [0.2, 0.25) is 5.02 Å². The first-order valence-electron chi connectivity index (χ1n) is 6.22. The van der Waals surface area contributed by atoms with Crippen molar-refractivity contribution < 1.29 is 14.6 Å². The molecule has 0 spiro atoms. The van der Waals surface area contributed by atoms with Crippen LogP contribution in [-0.4, -0.2) is 20.5 Å². The van der Waals surface area contributed by atoms with Crippen molar-refractivity contribution >= 4 is 23.2 Å². The van der Waals surface area contributed by atoms with Crippen LogP contribution in [-0.2, 0) is 6.61 Å². The van der Waals surface area contributed by atoms with E-state index in [0.29, 0.717) is 22.1 Å². The SMILES string of the molecule is O=C(O)c1cccc(OCc2cn3cccc(Cl)c3n2)c1. The van der Waals surface area contributed by atoms with Crippen LogP contribution in [0.5, 0.6) is 5.75 Å². The van der Waals surface area contributed by atoms with E-state index in [0.717, 1.165) is 0 Å². The molecule has 6 heteroatoms. The number of imidazole rings is 1. The second kappa shape index (κ2) is 5.46. The van der Waals surface area contributed by atoms with Crippen LogP contribution < -0.4 is 4.74 Å². The van der Waals surface area contributed by atoms with E-state index in [1.807, 2.05) is 22.9 Å². The fourth-order valence-corrected chi connectivity index (χ4v) is 2.19. The second-order valence-electron chi connectivity index (χ2n) is 4.44. The van der Waals surface area contributed by atoms with Crippen LogP contribution in [0.1, 0.15) is 16.1 Å². The molecule has 0 atom stereocenters. The van der Waals surface area contributed by atoms with E-state index in [1.54, 1.807) is 18.2 Å². The molecular weight excluding hydrogens is 292 g/mol.